The van der Waals surface area contributed by atoms with Gasteiger partial charge in [0.05, 0.1) is 36.8 Å². The minimum absolute atomic E-state index is 0.228. The van der Waals surface area contributed by atoms with Gasteiger partial charge in [0.25, 0.3) is 0 Å². The van der Waals surface area contributed by atoms with Gasteiger partial charge in [0.15, 0.2) is 0 Å². The number of fused-ring (bicyclic) bond motifs is 3. The van der Waals surface area contributed by atoms with Crippen molar-refractivity contribution in [2.45, 2.75) is 26.4 Å². The van der Waals surface area contributed by atoms with Crippen molar-refractivity contribution in [3.8, 4) is 17.3 Å². The molecule has 0 saturated heterocycles. The highest BCUT2D eigenvalue weighted by molar-refractivity contribution is 6.31. The fourth-order valence-electron chi connectivity index (χ4n) is 5.20. The lowest BCUT2D eigenvalue weighted by molar-refractivity contribution is 0.194. The molecule has 0 saturated carbocycles. The third-order valence-corrected chi connectivity index (χ3v) is 7.46. The molecule has 6 rings (SSSR count). The number of carbonyl (C=O) groups is 1. The highest BCUT2D eigenvalue weighted by atomic mass is 35.5. The number of ether oxygens (including phenoxy) is 1. The maximum absolute atomic E-state index is 14.1. The van der Waals surface area contributed by atoms with Crippen molar-refractivity contribution in [1.82, 2.24) is 19.2 Å². The van der Waals surface area contributed by atoms with Gasteiger partial charge in [-0.15, -0.1) is 0 Å². The summed E-state index contributed by atoms with van der Waals surface area (Å²) in [6, 6.07) is 26.9. The number of hydrogen-bond donors (Lipinski definition) is 1. The first kappa shape index (κ1) is 24.8. The fraction of sp³-hybridized carbons (Fsp3) is 0.161. The second-order valence-electron chi connectivity index (χ2n) is 9.63. The fourth-order valence-corrected chi connectivity index (χ4v) is 5.37. The quantitative estimate of drug-likeness (QED) is 0.266. The van der Waals surface area contributed by atoms with E-state index in [1.165, 1.54) is 0 Å². The molecule has 2 aromatic heterocycles. The van der Waals surface area contributed by atoms with Crippen LogP contribution in [-0.2, 0) is 6.54 Å². The predicted molar refractivity (Wildman–Crippen MR) is 153 cm³/mol. The van der Waals surface area contributed by atoms with Crippen LogP contribution in [0, 0.1) is 13.8 Å². The van der Waals surface area contributed by atoms with Gasteiger partial charge in [-0.3, -0.25) is 0 Å². The number of halogens is 1. The van der Waals surface area contributed by atoms with Crippen LogP contribution in [-0.4, -0.2) is 32.4 Å². The Kier molecular flexibility index (Phi) is 6.37. The topological polar surface area (TPSA) is 64.3 Å². The zero-order chi connectivity index (χ0) is 27.1. The number of aryl methyl sites for hydroxylation is 2. The van der Waals surface area contributed by atoms with Gasteiger partial charge in [-0.25, -0.2) is 9.48 Å². The van der Waals surface area contributed by atoms with Crippen molar-refractivity contribution in [3.05, 3.63) is 124 Å². The van der Waals surface area contributed by atoms with Crippen LogP contribution in [0.15, 0.2) is 91.1 Å². The number of benzene rings is 3. The number of nitrogens with one attached hydrogen (secondary N) is 1. The Morgan fingerprint density at radius 1 is 1.00 bits per heavy atom. The molecule has 0 spiro atoms. The molecule has 7 nitrogen and oxygen atoms in total. The van der Waals surface area contributed by atoms with Gasteiger partial charge in [-0.2, -0.15) is 5.10 Å². The highest BCUT2D eigenvalue weighted by Crippen LogP contribution is 2.39. The molecule has 0 fully saturated rings. The van der Waals surface area contributed by atoms with Crippen molar-refractivity contribution >= 4 is 23.3 Å². The van der Waals surface area contributed by atoms with Crippen LogP contribution in [0.3, 0.4) is 0 Å². The molecule has 3 aromatic carbocycles. The SMILES string of the molecule is COc1ccc([C@@H]2c3cccn3-c3c(c(C)nn3-c3ccccc3)CN2C(=O)Nc2cc(Cl)ccc2C)cc1. The van der Waals surface area contributed by atoms with Crippen molar-refractivity contribution in [3.63, 3.8) is 0 Å². The molecule has 0 unspecified atom stereocenters. The Morgan fingerprint density at radius 2 is 1.77 bits per heavy atom. The number of urea groups is 1. The molecular formula is C31H28ClN5O2. The summed E-state index contributed by atoms with van der Waals surface area (Å²) in [6.45, 7) is 4.30. The van der Waals surface area contributed by atoms with Gasteiger partial charge < -0.3 is 19.5 Å². The lowest BCUT2D eigenvalue weighted by atomic mass is 10.0. The van der Waals surface area contributed by atoms with E-state index < -0.39 is 0 Å². The van der Waals surface area contributed by atoms with Crippen molar-refractivity contribution in [2.24, 2.45) is 0 Å². The molecule has 2 amide bonds. The van der Waals surface area contributed by atoms with Crippen molar-refractivity contribution < 1.29 is 9.53 Å². The molecule has 8 heteroatoms. The molecule has 196 valence electrons. The largest absolute Gasteiger partial charge is 0.497 e. The Bertz CT molecular complexity index is 1660. The summed E-state index contributed by atoms with van der Waals surface area (Å²) in [6.07, 6.45) is 2.04. The Morgan fingerprint density at radius 3 is 2.51 bits per heavy atom. The minimum Gasteiger partial charge on any atom is -0.497 e. The van der Waals surface area contributed by atoms with Crippen molar-refractivity contribution in [2.75, 3.05) is 12.4 Å². The third-order valence-electron chi connectivity index (χ3n) is 7.22. The number of nitrogens with zero attached hydrogens (tertiary/aromatic N) is 4. The van der Waals surface area contributed by atoms with E-state index >= 15 is 0 Å². The Labute approximate surface area is 232 Å². The van der Waals surface area contributed by atoms with Gasteiger partial charge >= 0.3 is 6.03 Å². The summed E-state index contributed by atoms with van der Waals surface area (Å²) in [5.41, 5.74) is 6.32. The lowest BCUT2D eigenvalue weighted by Gasteiger charge is -2.31. The number of hydrogen-bond acceptors (Lipinski definition) is 3. The van der Waals surface area contributed by atoms with E-state index in [0.29, 0.717) is 17.3 Å². The third kappa shape index (κ3) is 4.45. The van der Waals surface area contributed by atoms with E-state index in [1.54, 1.807) is 13.2 Å². The molecule has 1 aliphatic rings. The smallest absolute Gasteiger partial charge is 0.322 e. The molecule has 39 heavy (non-hydrogen) atoms. The number of amides is 2. The standard InChI is InChI=1S/C31H28ClN5O2/c1-20-11-14-23(32)18-27(20)33-31(38)36-19-26-21(2)34-37(24-8-5-4-6-9-24)30(26)35-17-7-10-28(35)29(36)22-12-15-25(39-3)16-13-22/h4-18,29H,19H2,1-3H3,(H,33,38)/t29-/m1/s1. The predicted octanol–water partition coefficient (Wildman–Crippen LogP) is 7.08. The summed E-state index contributed by atoms with van der Waals surface area (Å²) in [4.78, 5) is 16.0. The molecule has 3 heterocycles. The molecule has 0 aliphatic carbocycles. The van der Waals surface area contributed by atoms with E-state index in [9.17, 15) is 4.79 Å². The van der Waals surface area contributed by atoms with Gasteiger partial charge in [0.1, 0.15) is 11.6 Å². The number of aromatic nitrogens is 3. The first-order valence-electron chi connectivity index (χ1n) is 12.7. The monoisotopic (exact) mass is 537 g/mol. The van der Waals surface area contributed by atoms with Crippen LogP contribution in [0.5, 0.6) is 5.75 Å². The van der Waals surface area contributed by atoms with Crippen LogP contribution < -0.4 is 10.1 Å². The summed E-state index contributed by atoms with van der Waals surface area (Å²) >= 11 is 6.28. The van der Waals surface area contributed by atoms with Crippen LogP contribution in [0.1, 0.15) is 34.1 Å². The molecule has 5 aromatic rings. The number of para-hydroxylation sites is 1. The van der Waals surface area contributed by atoms with E-state index in [1.807, 2.05) is 102 Å². The van der Waals surface area contributed by atoms with Crippen LogP contribution in [0.2, 0.25) is 5.02 Å². The first-order chi connectivity index (χ1) is 18.9. The van der Waals surface area contributed by atoms with Crippen LogP contribution >= 0.6 is 11.6 Å². The maximum Gasteiger partial charge on any atom is 0.322 e. The van der Waals surface area contributed by atoms with E-state index in [0.717, 1.165) is 45.3 Å². The lowest BCUT2D eigenvalue weighted by Crippen LogP contribution is -2.38. The maximum atomic E-state index is 14.1. The summed E-state index contributed by atoms with van der Waals surface area (Å²) in [5, 5.41) is 8.60. The van der Waals surface area contributed by atoms with Crippen molar-refractivity contribution in [1.29, 1.82) is 0 Å². The number of rotatable bonds is 4. The average Bonchev–Trinajstić information content (AvgIpc) is 3.51. The second kappa shape index (κ2) is 10.0. The Hall–Kier alpha value is -4.49. The molecule has 1 N–H and O–H groups in total. The zero-order valence-corrected chi connectivity index (χ0v) is 22.7. The molecule has 1 aliphatic heterocycles. The molecule has 0 radical (unpaired) electrons. The molecule has 0 bridgehead atoms. The molecule has 1 atom stereocenters. The molecular weight excluding hydrogens is 510 g/mol. The Balaban J connectivity index is 1.53. The normalized spacial score (nSPS) is 14.4. The summed E-state index contributed by atoms with van der Waals surface area (Å²) in [5.74, 6) is 1.68. The van der Waals surface area contributed by atoms with E-state index in [2.05, 4.69) is 16.0 Å². The van der Waals surface area contributed by atoms with Gasteiger partial charge in [-0.05, 0) is 73.5 Å². The summed E-state index contributed by atoms with van der Waals surface area (Å²) < 4.78 is 9.52. The van der Waals surface area contributed by atoms with Crippen LogP contribution in [0.4, 0.5) is 10.5 Å². The van der Waals surface area contributed by atoms with E-state index in [4.69, 9.17) is 21.4 Å². The minimum atomic E-state index is -0.374. The number of anilines is 1. The highest BCUT2D eigenvalue weighted by Gasteiger charge is 2.36. The number of carbonyl (C=O) groups excluding carboxylic acids is 1. The van der Waals surface area contributed by atoms with Gasteiger partial charge in [0.2, 0.25) is 0 Å². The summed E-state index contributed by atoms with van der Waals surface area (Å²) in [7, 11) is 1.65. The second-order valence-corrected chi connectivity index (χ2v) is 10.1. The van der Waals surface area contributed by atoms with Gasteiger partial charge in [-0.1, -0.05) is 48.0 Å². The van der Waals surface area contributed by atoms with Gasteiger partial charge in [0, 0.05) is 22.5 Å². The first-order valence-corrected chi connectivity index (χ1v) is 13.1. The van der Waals surface area contributed by atoms with E-state index in [-0.39, 0.29) is 12.1 Å². The average molecular weight is 538 g/mol. The number of methoxy groups -OCH3 is 1. The van der Waals surface area contributed by atoms with Crippen LogP contribution in [0.25, 0.3) is 11.5 Å². The zero-order valence-electron chi connectivity index (χ0n) is 21.9.